The zero-order chi connectivity index (χ0) is 9.68. The fraction of sp³-hybridized carbons (Fsp3) is 0.333. The summed E-state index contributed by atoms with van der Waals surface area (Å²) in [5.74, 6) is -0.376. The van der Waals surface area contributed by atoms with Crippen LogP contribution in [0.4, 0.5) is 4.39 Å². The molecule has 4 heteroatoms. The van der Waals surface area contributed by atoms with E-state index in [1.165, 1.54) is 6.07 Å². The highest BCUT2D eigenvalue weighted by atomic mass is 35.5. The van der Waals surface area contributed by atoms with Crippen LogP contribution in [0.25, 0.3) is 0 Å². The first-order chi connectivity index (χ1) is 6.24. The Labute approximate surface area is 82.1 Å². The van der Waals surface area contributed by atoms with Crippen LogP contribution in [0.5, 0.6) is 0 Å². The van der Waals surface area contributed by atoms with Crippen molar-refractivity contribution in [2.75, 3.05) is 13.7 Å². The summed E-state index contributed by atoms with van der Waals surface area (Å²) in [4.78, 5) is 0. The molecule has 1 aromatic rings. The lowest BCUT2D eigenvalue weighted by atomic mass is 10.2. The Morgan fingerprint density at radius 3 is 2.85 bits per heavy atom. The summed E-state index contributed by atoms with van der Waals surface area (Å²) >= 11 is 5.61. The summed E-state index contributed by atoms with van der Waals surface area (Å²) in [7, 11) is 1.85. The van der Waals surface area contributed by atoms with Gasteiger partial charge in [0.25, 0.3) is 0 Å². The molecular weight excluding hydrogens is 191 g/mol. The van der Waals surface area contributed by atoms with E-state index >= 15 is 0 Å². The molecule has 0 unspecified atom stereocenters. The minimum Gasteiger partial charge on any atom is -0.308 e. The van der Waals surface area contributed by atoms with Gasteiger partial charge in [-0.05, 0) is 24.7 Å². The molecule has 72 valence electrons. The molecule has 0 fully saturated rings. The minimum absolute atomic E-state index is 0.170. The van der Waals surface area contributed by atoms with Crippen LogP contribution in [-0.2, 0) is 6.54 Å². The Hall–Kier alpha value is -0.640. The van der Waals surface area contributed by atoms with Gasteiger partial charge in [0.2, 0.25) is 0 Å². The van der Waals surface area contributed by atoms with Gasteiger partial charge in [0, 0.05) is 13.2 Å². The Morgan fingerprint density at radius 2 is 2.23 bits per heavy atom. The average molecular weight is 203 g/mol. The van der Waals surface area contributed by atoms with Crippen LogP contribution in [0, 0.1) is 5.82 Å². The van der Waals surface area contributed by atoms with Crippen LogP contribution in [-0.4, -0.2) is 13.7 Å². The minimum atomic E-state index is -0.376. The summed E-state index contributed by atoms with van der Waals surface area (Å²) < 4.78 is 12.7. The third-order valence-electron chi connectivity index (χ3n) is 1.61. The number of benzene rings is 1. The summed E-state index contributed by atoms with van der Waals surface area (Å²) in [6.07, 6.45) is 0. The molecule has 0 saturated heterocycles. The van der Waals surface area contributed by atoms with Crippen LogP contribution in [0.3, 0.4) is 0 Å². The lowest BCUT2D eigenvalue weighted by Gasteiger charge is -2.04. The predicted molar refractivity (Wildman–Crippen MR) is 52.2 cm³/mol. The van der Waals surface area contributed by atoms with Crippen LogP contribution in [0.1, 0.15) is 5.56 Å². The molecule has 0 aliphatic heterocycles. The standard InChI is InChI=1S/C9H12ClFN2/c1-12-6-13-5-7-2-3-9(11)8(10)4-7/h2-4,12-13H,5-6H2,1H3. The van der Waals surface area contributed by atoms with E-state index in [1.807, 2.05) is 7.05 Å². The van der Waals surface area contributed by atoms with Gasteiger partial charge < -0.3 is 10.6 Å². The van der Waals surface area contributed by atoms with E-state index in [0.717, 1.165) is 12.2 Å². The highest BCUT2D eigenvalue weighted by Gasteiger charge is 1.99. The number of hydrogen-bond donors (Lipinski definition) is 2. The maximum absolute atomic E-state index is 12.7. The summed E-state index contributed by atoms with van der Waals surface area (Å²) in [5, 5.41) is 6.22. The van der Waals surface area contributed by atoms with Crippen molar-refractivity contribution >= 4 is 11.6 Å². The monoisotopic (exact) mass is 202 g/mol. The van der Waals surface area contributed by atoms with Gasteiger partial charge in [-0.15, -0.1) is 0 Å². The summed E-state index contributed by atoms with van der Waals surface area (Å²) in [5.41, 5.74) is 0.974. The maximum Gasteiger partial charge on any atom is 0.141 e. The molecule has 0 aliphatic carbocycles. The van der Waals surface area contributed by atoms with E-state index in [1.54, 1.807) is 12.1 Å². The highest BCUT2D eigenvalue weighted by Crippen LogP contribution is 2.15. The number of nitrogens with one attached hydrogen (secondary N) is 2. The van der Waals surface area contributed by atoms with Gasteiger partial charge in [-0.3, -0.25) is 0 Å². The van der Waals surface area contributed by atoms with Crippen LogP contribution < -0.4 is 10.6 Å². The van der Waals surface area contributed by atoms with E-state index in [4.69, 9.17) is 11.6 Å². The van der Waals surface area contributed by atoms with E-state index in [9.17, 15) is 4.39 Å². The van der Waals surface area contributed by atoms with Gasteiger partial charge in [-0.1, -0.05) is 17.7 Å². The molecule has 0 saturated carbocycles. The second-order valence-electron chi connectivity index (χ2n) is 2.71. The number of rotatable bonds is 4. The molecule has 0 spiro atoms. The smallest absolute Gasteiger partial charge is 0.141 e. The van der Waals surface area contributed by atoms with Gasteiger partial charge in [0.1, 0.15) is 5.82 Å². The lowest BCUT2D eigenvalue weighted by Crippen LogP contribution is -2.25. The predicted octanol–water partition coefficient (Wildman–Crippen LogP) is 1.75. The molecule has 2 nitrogen and oxygen atoms in total. The molecule has 0 amide bonds. The van der Waals surface area contributed by atoms with Gasteiger partial charge in [0.05, 0.1) is 5.02 Å². The first-order valence-electron chi connectivity index (χ1n) is 4.03. The van der Waals surface area contributed by atoms with Gasteiger partial charge >= 0.3 is 0 Å². The summed E-state index contributed by atoms with van der Waals surface area (Å²) in [6.45, 7) is 1.40. The fourth-order valence-electron chi connectivity index (χ4n) is 0.981. The molecule has 0 bridgehead atoms. The number of hydrogen-bond acceptors (Lipinski definition) is 2. The average Bonchev–Trinajstić information content (AvgIpc) is 2.12. The van der Waals surface area contributed by atoms with Crippen molar-refractivity contribution in [1.82, 2.24) is 10.6 Å². The zero-order valence-electron chi connectivity index (χ0n) is 7.40. The first kappa shape index (κ1) is 10.4. The molecule has 0 radical (unpaired) electrons. The molecule has 1 rings (SSSR count). The molecule has 13 heavy (non-hydrogen) atoms. The van der Waals surface area contributed by atoms with Crippen molar-refractivity contribution < 1.29 is 4.39 Å². The Kier molecular flexibility index (Phi) is 4.15. The first-order valence-corrected chi connectivity index (χ1v) is 4.41. The largest absolute Gasteiger partial charge is 0.308 e. The second kappa shape index (κ2) is 5.17. The van der Waals surface area contributed by atoms with E-state index in [2.05, 4.69) is 10.6 Å². The van der Waals surface area contributed by atoms with Crippen molar-refractivity contribution in [2.24, 2.45) is 0 Å². The quantitative estimate of drug-likeness (QED) is 0.574. The van der Waals surface area contributed by atoms with Crippen molar-refractivity contribution in [3.05, 3.63) is 34.6 Å². The fourth-order valence-corrected chi connectivity index (χ4v) is 1.18. The molecule has 0 aromatic heterocycles. The van der Waals surface area contributed by atoms with Crippen molar-refractivity contribution in [3.63, 3.8) is 0 Å². The Bertz CT molecular complexity index is 278. The van der Waals surface area contributed by atoms with E-state index in [-0.39, 0.29) is 10.8 Å². The van der Waals surface area contributed by atoms with Crippen LogP contribution in [0.15, 0.2) is 18.2 Å². The second-order valence-corrected chi connectivity index (χ2v) is 3.11. The van der Waals surface area contributed by atoms with Gasteiger partial charge in [0.15, 0.2) is 0 Å². The number of halogens is 2. The van der Waals surface area contributed by atoms with Crippen molar-refractivity contribution in [1.29, 1.82) is 0 Å². The topological polar surface area (TPSA) is 24.1 Å². The third kappa shape index (κ3) is 3.30. The van der Waals surface area contributed by atoms with Crippen LogP contribution in [0.2, 0.25) is 5.02 Å². The molecule has 2 N–H and O–H groups in total. The molecule has 0 aliphatic rings. The third-order valence-corrected chi connectivity index (χ3v) is 1.90. The van der Waals surface area contributed by atoms with Crippen LogP contribution >= 0.6 is 11.6 Å². The molecule has 0 atom stereocenters. The molecule has 1 aromatic carbocycles. The Balaban J connectivity index is 2.53. The normalized spacial score (nSPS) is 10.4. The molecule has 0 heterocycles. The van der Waals surface area contributed by atoms with E-state index in [0.29, 0.717) is 6.54 Å². The van der Waals surface area contributed by atoms with E-state index < -0.39 is 0 Å². The van der Waals surface area contributed by atoms with Crippen molar-refractivity contribution in [2.45, 2.75) is 6.54 Å². The van der Waals surface area contributed by atoms with Gasteiger partial charge in [-0.25, -0.2) is 4.39 Å². The highest BCUT2D eigenvalue weighted by molar-refractivity contribution is 6.30. The Morgan fingerprint density at radius 1 is 1.46 bits per heavy atom. The lowest BCUT2D eigenvalue weighted by molar-refractivity contribution is 0.618. The zero-order valence-corrected chi connectivity index (χ0v) is 8.16. The van der Waals surface area contributed by atoms with Crippen molar-refractivity contribution in [3.8, 4) is 0 Å². The molecular formula is C9H12ClFN2. The SMILES string of the molecule is CNCNCc1ccc(F)c(Cl)c1. The summed E-state index contributed by atoms with van der Waals surface area (Å²) in [6, 6.07) is 4.71. The maximum atomic E-state index is 12.7. The van der Waals surface area contributed by atoms with Gasteiger partial charge in [-0.2, -0.15) is 0 Å².